The Hall–Kier alpha value is -0.420. The summed E-state index contributed by atoms with van der Waals surface area (Å²) < 4.78 is 11.1. The van der Waals surface area contributed by atoms with E-state index in [9.17, 15) is 0 Å². The number of hydrogen-bond donors (Lipinski definition) is 1. The second kappa shape index (κ2) is 7.89. The lowest BCUT2D eigenvalue weighted by Crippen LogP contribution is -2.25. The summed E-state index contributed by atoms with van der Waals surface area (Å²) in [5.74, 6) is 0.702. The highest BCUT2D eigenvalue weighted by molar-refractivity contribution is 7.10. The van der Waals surface area contributed by atoms with Crippen molar-refractivity contribution in [2.24, 2.45) is 5.92 Å². The van der Waals surface area contributed by atoms with Gasteiger partial charge in [-0.1, -0.05) is 6.07 Å². The molecule has 0 radical (unpaired) electrons. The van der Waals surface area contributed by atoms with Crippen molar-refractivity contribution in [3.8, 4) is 0 Å². The van der Waals surface area contributed by atoms with Crippen LogP contribution in [-0.2, 0) is 9.47 Å². The molecule has 1 aliphatic rings. The van der Waals surface area contributed by atoms with Crippen molar-refractivity contribution in [3.05, 3.63) is 22.4 Å². The van der Waals surface area contributed by atoms with E-state index in [0.717, 1.165) is 45.8 Å². The van der Waals surface area contributed by atoms with Gasteiger partial charge in [0, 0.05) is 37.3 Å². The number of thiophene rings is 1. The zero-order valence-corrected chi connectivity index (χ0v) is 11.9. The summed E-state index contributed by atoms with van der Waals surface area (Å²) in [5.41, 5.74) is 0. The second-order valence-corrected chi connectivity index (χ2v) is 5.80. The maximum absolute atomic E-state index is 5.73. The van der Waals surface area contributed by atoms with E-state index in [1.165, 1.54) is 4.88 Å². The zero-order valence-electron chi connectivity index (χ0n) is 11.1. The first-order chi connectivity index (χ1) is 8.86. The molecule has 1 saturated heterocycles. The Morgan fingerprint density at radius 3 is 3.06 bits per heavy atom. The fourth-order valence-electron chi connectivity index (χ4n) is 2.15. The summed E-state index contributed by atoms with van der Waals surface area (Å²) >= 11 is 1.80. The van der Waals surface area contributed by atoms with Gasteiger partial charge in [0.1, 0.15) is 0 Å². The maximum Gasteiger partial charge on any atom is 0.0591 e. The van der Waals surface area contributed by atoms with Gasteiger partial charge in [0.25, 0.3) is 0 Å². The van der Waals surface area contributed by atoms with Gasteiger partial charge in [-0.25, -0.2) is 0 Å². The molecule has 0 saturated carbocycles. The number of nitrogens with one attached hydrogen (secondary N) is 1. The molecule has 1 N–H and O–H groups in total. The number of ether oxygens (including phenoxy) is 2. The SMILES string of the molecule is CC(NCCOCC1CCOCC1)c1cccs1. The van der Waals surface area contributed by atoms with Gasteiger partial charge < -0.3 is 14.8 Å². The quantitative estimate of drug-likeness (QED) is 0.772. The van der Waals surface area contributed by atoms with Crippen LogP contribution in [-0.4, -0.2) is 33.0 Å². The molecule has 0 amide bonds. The molecule has 2 rings (SSSR count). The van der Waals surface area contributed by atoms with E-state index in [1.807, 2.05) is 0 Å². The van der Waals surface area contributed by atoms with Gasteiger partial charge >= 0.3 is 0 Å². The van der Waals surface area contributed by atoms with E-state index in [4.69, 9.17) is 9.47 Å². The Morgan fingerprint density at radius 2 is 2.33 bits per heavy atom. The van der Waals surface area contributed by atoms with Crippen LogP contribution in [0.1, 0.15) is 30.7 Å². The molecule has 2 heterocycles. The van der Waals surface area contributed by atoms with Crippen LogP contribution in [0.2, 0.25) is 0 Å². The van der Waals surface area contributed by atoms with E-state index in [2.05, 4.69) is 29.8 Å². The zero-order chi connectivity index (χ0) is 12.6. The van der Waals surface area contributed by atoms with Gasteiger partial charge in [-0.2, -0.15) is 0 Å². The van der Waals surface area contributed by atoms with Crippen LogP contribution in [0.15, 0.2) is 17.5 Å². The van der Waals surface area contributed by atoms with Crippen LogP contribution in [0.3, 0.4) is 0 Å². The predicted molar refractivity (Wildman–Crippen MR) is 75.1 cm³/mol. The van der Waals surface area contributed by atoms with E-state index in [-0.39, 0.29) is 0 Å². The van der Waals surface area contributed by atoms with Crippen molar-refractivity contribution in [2.75, 3.05) is 33.0 Å². The highest BCUT2D eigenvalue weighted by Gasteiger charge is 2.13. The molecule has 1 fully saturated rings. The molecule has 1 aromatic rings. The molecule has 1 aliphatic heterocycles. The molecule has 0 bridgehead atoms. The van der Waals surface area contributed by atoms with Crippen LogP contribution < -0.4 is 5.32 Å². The van der Waals surface area contributed by atoms with Crippen molar-refractivity contribution < 1.29 is 9.47 Å². The second-order valence-electron chi connectivity index (χ2n) is 4.82. The van der Waals surface area contributed by atoms with Gasteiger partial charge in [0.2, 0.25) is 0 Å². The first kappa shape index (κ1) is 14.0. The van der Waals surface area contributed by atoms with Crippen LogP contribution in [0.25, 0.3) is 0 Å². The Kier molecular flexibility index (Phi) is 6.14. The summed E-state index contributed by atoms with van der Waals surface area (Å²) in [6.45, 7) is 6.61. The molecule has 3 nitrogen and oxygen atoms in total. The van der Waals surface area contributed by atoms with Crippen molar-refractivity contribution in [2.45, 2.75) is 25.8 Å². The summed E-state index contributed by atoms with van der Waals surface area (Å²) in [6, 6.07) is 4.70. The lowest BCUT2D eigenvalue weighted by atomic mass is 10.0. The largest absolute Gasteiger partial charge is 0.381 e. The summed E-state index contributed by atoms with van der Waals surface area (Å²) in [7, 11) is 0. The van der Waals surface area contributed by atoms with Gasteiger partial charge in [-0.15, -0.1) is 11.3 Å². The van der Waals surface area contributed by atoms with Crippen molar-refractivity contribution in [1.29, 1.82) is 0 Å². The van der Waals surface area contributed by atoms with E-state index in [0.29, 0.717) is 12.0 Å². The molecule has 1 atom stereocenters. The highest BCUT2D eigenvalue weighted by atomic mass is 32.1. The average molecular weight is 269 g/mol. The Morgan fingerprint density at radius 1 is 1.50 bits per heavy atom. The predicted octanol–water partition coefficient (Wildman–Crippen LogP) is 2.84. The smallest absolute Gasteiger partial charge is 0.0591 e. The molecule has 0 aliphatic carbocycles. The molecule has 0 spiro atoms. The highest BCUT2D eigenvalue weighted by Crippen LogP contribution is 2.17. The number of hydrogen-bond acceptors (Lipinski definition) is 4. The lowest BCUT2D eigenvalue weighted by molar-refractivity contribution is 0.0211. The minimum absolute atomic E-state index is 0.427. The van der Waals surface area contributed by atoms with Crippen molar-refractivity contribution in [3.63, 3.8) is 0 Å². The topological polar surface area (TPSA) is 30.5 Å². The van der Waals surface area contributed by atoms with E-state index < -0.39 is 0 Å². The van der Waals surface area contributed by atoms with Gasteiger partial charge in [-0.3, -0.25) is 0 Å². The van der Waals surface area contributed by atoms with Gasteiger partial charge in [0.15, 0.2) is 0 Å². The Bertz CT molecular complexity index is 310. The third-order valence-corrected chi connectivity index (χ3v) is 4.42. The van der Waals surface area contributed by atoms with Crippen molar-refractivity contribution in [1.82, 2.24) is 5.32 Å². The molecule has 4 heteroatoms. The fourth-order valence-corrected chi connectivity index (χ4v) is 2.91. The van der Waals surface area contributed by atoms with Crippen LogP contribution in [0.4, 0.5) is 0 Å². The van der Waals surface area contributed by atoms with Crippen LogP contribution in [0, 0.1) is 5.92 Å². The monoisotopic (exact) mass is 269 g/mol. The minimum Gasteiger partial charge on any atom is -0.381 e. The third kappa shape index (κ3) is 4.69. The summed E-state index contributed by atoms with van der Waals surface area (Å²) in [4.78, 5) is 1.39. The van der Waals surface area contributed by atoms with Crippen LogP contribution in [0.5, 0.6) is 0 Å². The minimum atomic E-state index is 0.427. The molecule has 1 aromatic heterocycles. The summed E-state index contributed by atoms with van der Waals surface area (Å²) in [6.07, 6.45) is 2.30. The maximum atomic E-state index is 5.73. The summed E-state index contributed by atoms with van der Waals surface area (Å²) in [5, 5.41) is 5.60. The lowest BCUT2D eigenvalue weighted by Gasteiger charge is -2.22. The van der Waals surface area contributed by atoms with Gasteiger partial charge in [0.05, 0.1) is 6.61 Å². The van der Waals surface area contributed by atoms with Gasteiger partial charge in [-0.05, 0) is 37.1 Å². The fraction of sp³-hybridized carbons (Fsp3) is 0.714. The molecular weight excluding hydrogens is 246 g/mol. The molecule has 102 valence electrons. The first-order valence-electron chi connectivity index (χ1n) is 6.78. The van der Waals surface area contributed by atoms with Crippen molar-refractivity contribution >= 4 is 11.3 Å². The molecule has 18 heavy (non-hydrogen) atoms. The normalized spacial score (nSPS) is 18.9. The Labute approximate surface area is 113 Å². The van der Waals surface area contributed by atoms with Crippen LogP contribution >= 0.6 is 11.3 Å². The molecule has 0 aromatic carbocycles. The standard InChI is InChI=1S/C14H23NO2S/c1-12(14-3-2-10-18-14)15-6-9-17-11-13-4-7-16-8-5-13/h2-3,10,12-13,15H,4-9,11H2,1H3. The first-order valence-corrected chi connectivity index (χ1v) is 7.66. The molecular formula is C14H23NO2S. The third-order valence-electron chi connectivity index (χ3n) is 3.36. The van der Waals surface area contributed by atoms with E-state index in [1.54, 1.807) is 11.3 Å². The van der Waals surface area contributed by atoms with E-state index >= 15 is 0 Å². The molecule has 1 unspecified atom stereocenters. The number of rotatable bonds is 7. The average Bonchev–Trinajstić information content (AvgIpc) is 2.93. The Balaban J connectivity index is 1.50.